The summed E-state index contributed by atoms with van der Waals surface area (Å²) in [6.45, 7) is 2.00. The maximum Gasteiger partial charge on any atom is 0.261 e. The first-order valence-electron chi connectivity index (χ1n) is 14.8. The number of halogens is 3. The molecule has 15 heteroatoms. The summed E-state index contributed by atoms with van der Waals surface area (Å²) in [6, 6.07) is 6.64. The Kier molecular flexibility index (Phi) is 9.04. The van der Waals surface area contributed by atoms with Crippen molar-refractivity contribution in [3.05, 3.63) is 74.7 Å². The lowest BCUT2D eigenvalue weighted by Gasteiger charge is -2.32. The third-order valence-electron chi connectivity index (χ3n) is 8.28. The van der Waals surface area contributed by atoms with Gasteiger partial charge < -0.3 is 35.1 Å². The molecule has 0 spiro atoms. The number of H-pyrrole nitrogens is 2. The number of nitrogens with zero attached hydrogens (tertiary/aromatic N) is 3. The number of likely N-dealkylation sites (tertiary alicyclic amines) is 1. The fourth-order valence-electron chi connectivity index (χ4n) is 5.84. The quantitative estimate of drug-likeness (QED) is 0.121. The summed E-state index contributed by atoms with van der Waals surface area (Å²) in [5.41, 5.74) is 1.20. The average Bonchev–Trinajstić information content (AvgIpc) is 3.55. The number of rotatable bonds is 11. The van der Waals surface area contributed by atoms with Crippen molar-refractivity contribution in [1.29, 1.82) is 0 Å². The number of hydrogen-bond donors (Lipinski definition) is 5. The Hall–Kier alpha value is -4.37. The number of β-amino-alcohol motifs (C(OH)–C–C–N with tert-alkyl or cyclic N) is 1. The normalized spacial score (nSPS) is 16.3. The highest BCUT2D eigenvalue weighted by atomic mass is 35.5. The molecule has 1 atom stereocenters. The lowest BCUT2D eigenvalue weighted by Crippen LogP contribution is -2.41. The van der Waals surface area contributed by atoms with E-state index in [1.807, 2.05) is 0 Å². The number of imidazole rings is 1. The molecule has 1 saturated heterocycles. The Morgan fingerprint density at radius 2 is 1.85 bits per heavy atom. The second-order valence-electron chi connectivity index (χ2n) is 11.3. The molecule has 2 aromatic carbocycles. The van der Waals surface area contributed by atoms with E-state index in [-0.39, 0.29) is 58.2 Å². The fraction of sp³-hybridized carbons (Fsp3) is 0.355. The Morgan fingerprint density at radius 3 is 2.59 bits per heavy atom. The minimum atomic E-state index is -1.24. The van der Waals surface area contributed by atoms with Crippen molar-refractivity contribution in [3.8, 4) is 17.1 Å². The van der Waals surface area contributed by atoms with Crippen LogP contribution >= 0.6 is 11.6 Å². The smallest absolute Gasteiger partial charge is 0.261 e. The van der Waals surface area contributed by atoms with Crippen LogP contribution in [0, 0.1) is 17.6 Å². The van der Waals surface area contributed by atoms with Crippen molar-refractivity contribution in [3.63, 3.8) is 0 Å². The van der Waals surface area contributed by atoms with E-state index in [2.05, 4.69) is 25.2 Å². The monoisotopic (exact) mass is 656 g/mol. The minimum absolute atomic E-state index is 0.0963. The van der Waals surface area contributed by atoms with Crippen LogP contribution in [-0.4, -0.2) is 98.8 Å². The molecule has 0 aliphatic carbocycles. The molecule has 0 bridgehead atoms. The highest BCUT2D eigenvalue weighted by Crippen LogP contribution is 2.32. The van der Waals surface area contributed by atoms with Crippen LogP contribution in [0.2, 0.25) is 5.02 Å². The first kappa shape index (κ1) is 31.6. The Balaban J connectivity index is 1.16. The van der Waals surface area contributed by atoms with Gasteiger partial charge in [-0.15, -0.1) is 0 Å². The molecule has 2 amide bonds. The standard InChI is InChI=1S/C31H31ClF2N6O6/c32-20-1-2-21(33)27(26(20)34)46-15-17(42)13-36-22-3-6-35-29(43)25(22)28-37-23-11-18-19(12-24(23)38-28)31(45)40(30(18)44)14-16-4-7-39(8-5-16)9-10-41/h1-3,6,11-12,16-17,41-42H,4-5,7-10,13-15H2,(H,37,38)(H2,35,36,43). The highest BCUT2D eigenvalue weighted by Gasteiger charge is 2.38. The molecule has 1 fully saturated rings. The van der Waals surface area contributed by atoms with E-state index in [1.165, 1.54) is 17.2 Å². The van der Waals surface area contributed by atoms with Crippen molar-refractivity contribution in [2.45, 2.75) is 18.9 Å². The summed E-state index contributed by atoms with van der Waals surface area (Å²) < 4.78 is 33.2. The molecule has 2 aromatic heterocycles. The summed E-state index contributed by atoms with van der Waals surface area (Å²) in [7, 11) is 0. The van der Waals surface area contributed by atoms with Gasteiger partial charge >= 0.3 is 0 Å². The van der Waals surface area contributed by atoms with E-state index in [9.17, 15) is 28.3 Å². The van der Waals surface area contributed by atoms with Crippen LogP contribution in [0.25, 0.3) is 22.4 Å². The van der Waals surface area contributed by atoms with Crippen molar-refractivity contribution in [1.82, 2.24) is 24.8 Å². The number of nitrogens with one attached hydrogen (secondary N) is 3. The number of aliphatic hydroxyl groups excluding tert-OH is 2. The van der Waals surface area contributed by atoms with E-state index >= 15 is 0 Å². The third-order valence-corrected chi connectivity index (χ3v) is 8.58. The van der Waals surface area contributed by atoms with E-state index in [0.29, 0.717) is 24.1 Å². The number of aliphatic hydroxyl groups is 2. The molecule has 1 unspecified atom stereocenters. The molecule has 242 valence electrons. The lowest BCUT2D eigenvalue weighted by molar-refractivity contribution is 0.0593. The number of piperidine rings is 1. The zero-order valence-corrected chi connectivity index (χ0v) is 25.2. The Labute approximate surface area is 265 Å². The molecular formula is C31H31ClF2N6O6. The van der Waals surface area contributed by atoms with Crippen molar-refractivity contribution >= 4 is 40.1 Å². The number of aromatic nitrogens is 3. The van der Waals surface area contributed by atoms with E-state index < -0.39 is 41.6 Å². The summed E-state index contributed by atoms with van der Waals surface area (Å²) >= 11 is 5.68. The zero-order chi connectivity index (χ0) is 32.5. The van der Waals surface area contributed by atoms with Crippen LogP contribution in [0.5, 0.6) is 5.75 Å². The number of imide groups is 1. The van der Waals surface area contributed by atoms with Gasteiger partial charge in [0.1, 0.15) is 24.1 Å². The van der Waals surface area contributed by atoms with Gasteiger partial charge in [-0.25, -0.2) is 13.8 Å². The predicted octanol–water partition coefficient (Wildman–Crippen LogP) is 3.00. The van der Waals surface area contributed by atoms with Crippen molar-refractivity contribution < 1.29 is 33.3 Å². The third kappa shape index (κ3) is 6.20. The van der Waals surface area contributed by atoms with Gasteiger partial charge in [-0.2, -0.15) is 0 Å². The number of hydrogen-bond acceptors (Lipinski definition) is 9. The zero-order valence-electron chi connectivity index (χ0n) is 24.5. The molecule has 5 N–H and O–H groups in total. The van der Waals surface area contributed by atoms with Gasteiger partial charge in [0.05, 0.1) is 39.5 Å². The lowest BCUT2D eigenvalue weighted by atomic mass is 9.96. The molecule has 2 aliphatic heterocycles. The number of anilines is 1. The topological polar surface area (TPSA) is 164 Å². The van der Waals surface area contributed by atoms with Crippen LogP contribution in [0.4, 0.5) is 14.5 Å². The van der Waals surface area contributed by atoms with E-state index in [1.54, 1.807) is 12.1 Å². The number of pyridine rings is 1. The van der Waals surface area contributed by atoms with Crippen LogP contribution in [-0.2, 0) is 0 Å². The molecule has 4 aromatic rings. The second-order valence-corrected chi connectivity index (χ2v) is 11.8. The number of ether oxygens (including phenoxy) is 1. The van der Waals surface area contributed by atoms with Crippen LogP contribution in [0.1, 0.15) is 33.6 Å². The minimum Gasteiger partial charge on any atom is -0.485 e. The van der Waals surface area contributed by atoms with Gasteiger partial charge in [0, 0.05) is 25.8 Å². The summed E-state index contributed by atoms with van der Waals surface area (Å²) in [6.07, 6.45) is 1.80. The SMILES string of the molecule is O=C1c2cc3nc(-c4c(NCC(O)COc5c(F)ccc(Cl)c5F)cc[nH]c4=O)[nH]c3cc2C(=O)N1CC1CCN(CCO)CC1. The number of carbonyl (C=O) groups is 2. The van der Waals surface area contributed by atoms with Gasteiger partial charge in [-0.1, -0.05) is 11.6 Å². The van der Waals surface area contributed by atoms with Gasteiger partial charge in [0.25, 0.3) is 17.4 Å². The molecular weight excluding hydrogens is 626 g/mol. The van der Waals surface area contributed by atoms with E-state index in [4.69, 9.17) is 21.4 Å². The number of amides is 2. The van der Waals surface area contributed by atoms with Crippen LogP contribution in [0.15, 0.2) is 41.3 Å². The summed E-state index contributed by atoms with van der Waals surface area (Å²) in [4.78, 5) is 53.1. The maximum atomic E-state index is 14.1. The van der Waals surface area contributed by atoms with Crippen LogP contribution in [0.3, 0.4) is 0 Å². The first-order valence-corrected chi connectivity index (χ1v) is 15.2. The number of fused-ring (bicyclic) bond motifs is 2. The van der Waals surface area contributed by atoms with Gasteiger partial charge in [-0.3, -0.25) is 19.3 Å². The molecule has 4 heterocycles. The number of aromatic amines is 2. The van der Waals surface area contributed by atoms with Gasteiger partial charge in [0.15, 0.2) is 17.4 Å². The van der Waals surface area contributed by atoms with Gasteiger partial charge in [0.2, 0.25) is 0 Å². The molecule has 0 saturated carbocycles. The van der Waals surface area contributed by atoms with Crippen LogP contribution < -0.4 is 15.6 Å². The molecule has 46 heavy (non-hydrogen) atoms. The fourth-order valence-corrected chi connectivity index (χ4v) is 5.99. The average molecular weight is 657 g/mol. The van der Waals surface area contributed by atoms with E-state index in [0.717, 1.165) is 38.1 Å². The molecule has 2 aliphatic rings. The molecule has 12 nitrogen and oxygen atoms in total. The predicted molar refractivity (Wildman–Crippen MR) is 165 cm³/mol. The Morgan fingerprint density at radius 1 is 1.11 bits per heavy atom. The highest BCUT2D eigenvalue weighted by molar-refractivity contribution is 6.30. The second kappa shape index (κ2) is 13.2. The summed E-state index contributed by atoms with van der Waals surface area (Å²) in [5, 5.41) is 22.2. The number of carbonyl (C=O) groups excluding carboxylic acids is 2. The Bertz CT molecular complexity index is 1800. The summed E-state index contributed by atoms with van der Waals surface area (Å²) in [5.74, 6) is -3.21. The first-order chi connectivity index (χ1) is 22.1. The largest absolute Gasteiger partial charge is 0.485 e. The maximum absolute atomic E-state index is 14.1. The van der Waals surface area contributed by atoms with Gasteiger partial charge in [-0.05, 0) is 62.2 Å². The molecule has 6 rings (SSSR count). The van der Waals surface area contributed by atoms with Crippen molar-refractivity contribution in [2.75, 3.05) is 51.3 Å². The molecule has 0 radical (unpaired) electrons. The van der Waals surface area contributed by atoms with Crippen molar-refractivity contribution in [2.24, 2.45) is 5.92 Å². The number of benzene rings is 2.